The smallest absolute Gasteiger partial charge is 0.397 e. The predicted octanol–water partition coefficient (Wildman–Crippen LogP) is 0.618. The van der Waals surface area contributed by atoms with Crippen molar-refractivity contribution >= 4 is 28.3 Å². The van der Waals surface area contributed by atoms with Crippen LogP contribution < -0.4 is 0 Å². The molecule has 0 amide bonds. The first-order valence-electron chi connectivity index (χ1n) is 6.05. The zero-order valence-corrected chi connectivity index (χ0v) is 12.9. The normalized spacial score (nSPS) is 10.0. The van der Waals surface area contributed by atoms with Crippen LogP contribution in [0.2, 0.25) is 0 Å². The fraction of sp³-hybridized carbons (Fsp3) is 0.154. The molecule has 0 saturated carbocycles. The monoisotopic (exact) mass is 362 g/mol. The molecule has 24 heavy (non-hydrogen) atoms. The number of carboxylic acids is 2. The molecular weight excluding hydrogens is 348 g/mol. The van der Waals surface area contributed by atoms with Crippen LogP contribution >= 0.6 is 0 Å². The number of carbonyl (C=O) groups is 3. The first kappa shape index (κ1) is 21.2. The lowest BCUT2D eigenvalue weighted by molar-refractivity contribution is -0.138. The minimum absolute atomic E-state index is 0.190. The number of aromatic carboxylic acids is 2. The molecule has 10 nitrogen and oxygen atoms in total. The lowest BCUT2D eigenvalue weighted by Crippen LogP contribution is -2.12. The first-order valence-corrected chi connectivity index (χ1v) is 7.41. The minimum Gasteiger partial charge on any atom is -0.478 e. The fourth-order valence-electron chi connectivity index (χ4n) is 1.20. The number of benzene rings is 1. The molecule has 11 heteroatoms. The Labute approximate surface area is 136 Å². The van der Waals surface area contributed by atoms with Gasteiger partial charge in [0.15, 0.2) is 0 Å². The number of hydrogen-bond donors (Lipinski definition) is 3. The van der Waals surface area contributed by atoms with Gasteiger partial charge in [-0.25, -0.2) is 18.6 Å². The zero-order chi connectivity index (χ0) is 18.8. The molecular formula is C13H14O10S. The van der Waals surface area contributed by atoms with E-state index in [4.69, 9.17) is 14.8 Å². The van der Waals surface area contributed by atoms with Gasteiger partial charge >= 0.3 is 28.3 Å². The van der Waals surface area contributed by atoms with E-state index >= 15 is 0 Å². The molecule has 1 aromatic carbocycles. The van der Waals surface area contributed by atoms with Crippen molar-refractivity contribution in [2.45, 2.75) is 0 Å². The van der Waals surface area contributed by atoms with Crippen LogP contribution in [0.15, 0.2) is 36.9 Å². The Kier molecular flexibility index (Phi) is 8.94. The van der Waals surface area contributed by atoms with Crippen molar-refractivity contribution in [2.24, 2.45) is 0 Å². The Morgan fingerprint density at radius 2 is 1.50 bits per heavy atom. The van der Waals surface area contributed by atoms with E-state index in [-0.39, 0.29) is 17.7 Å². The lowest BCUT2D eigenvalue weighted by atomic mass is 10.1. The zero-order valence-electron chi connectivity index (χ0n) is 12.1. The van der Waals surface area contributed by atoms with E-state index in [0.717, 1.165) is 6.08 Å². The number of rotatable bonds is 7. The maximum atomic E-state index is 10.5. The van der Waals surface area contributed by atoms with E-state index in [1.54, 1.807) is 0 Å². The van der Waals surface area contributed by atoms with Gasteiger partial charge in [0.1, 0.15) is 13.2 Å². The largest absolute Gasteiger partial charge is 0.478 e. The minimum atomic E-state index is -4.45. The highest BCUT2D eigenvalue weighted by Crippen LogP contribution is 2.07. The number of carboxylic acid groups (broad SMARTS) is 2. The van der Waals surface area contributed by atoms with Gasteiger partial charge in [-0.3, -0.25) is 4.55 Å². The lowest BCUT2D eigenvalue weighted by Gasteiger charge is -2.00. The van der Waals surface area contributed by atoms with Crippen LogP contribution in [0.25, 0.3) is 0 Å². The average molecular weight is 362 g/mol. The fourth-order valence-corrected chi connectivity index (χ4v) is 1.48. The average Bonchev–Trinajstić information content (AvgIpc) is 2.50. The highest BCUT2D eigenvalue weighted by Gasteiger charge is 2.13. The Hall–Kier alpha value is -2.76. The van der Waals surface area contributed by atoms with Crippen molar-refractivity contribution in [1.29, 1.82) is 0 Å². The van der Waals surface area contributed by atoms with E-state index in [1.165, 1.54) is 24.3 Å². The highest BCUT2D eigenvalue weighted by molar-refractivity contribution is 7.80. The third-order valence-electron chi connectivity index (χ3n) is 2.11. The molecule has 0 fully saturated rings. The van der Waals surface area contributed by atoms with Gasteiger partial charge in [0.25, 0.3) is 0 Å². The summed E-state index contributed by atoms with van der Waals surface area (Å²) in [5, 5.41) is 17.1. The second-order valence-corrected chi connectivity index (χ2v) is 4.87. The van der Waals surface area contributed by atoms with Gasteiger partial charge in [0.2, 0.25) is 0 Å². The van der Waals surface area contributed by atoms with Gasteiger partial charge in [0, 0.05) is 6.08 Å². The maximum Gasteiger partial charge on any atom is 0.397 e. The summed E-state index contributed by atoms with van der Waals surface area (Å²) in [5.74, 6) is -3.14. The van der Waals surface area contributed by atoms with Crippen molar-refractivity contribution in [2.75, 3.05) is 13.2 Å². The SMILES string of the molecule is C=CC(=O)OCCOS(=O)(=O)O.O=C(O)c1ccccc1C(=O)O. The van der Waals surface area contributed by atoms with Crippen LogP contribution in [0.3, 0.4) is 0 Å². The van der Waals surface area contributed by atoms with E-state index < -0.39 is 34.9 Å². The molecule has 0 spiro atoms. The molecule has 1 rings (SSSR count). The molecule has 0 aliphatic heterocycles. The van der Waals surface area contributed by atoms with Gasteiger partial charge < -0.3 is 14.9 Å². The number of hydrogen-bond acceptors (Lipinski definition) is 7. The van der Waals surface area contributed by atoms with E-state index in [0.29, 0.717) is 0 Å². The van der Waals surface area contributed by atoms with Crippen LogP contribution in [-0.4, -0.2) is 54.3 Å². The van der Waals surface area contributed by atoms with Crippen molar-refractivity contribution in [3.05, 3.63) is 48.0 Å². The summed E-state index contributed by atoms with van der Waals surface area (Å²) >= 11 is 0. The van der Waals surface area contributed by atoms with Gasteiger partial charge in [-0.05, 0) is 12.1 Å². The summed E-state index contributed by atoms with van der Waals surface area (Å²) in [6.07, 6.45) is 0.924. The molecule has 0 unspecified atom stereocenters. The molecule has 0 bridgehead atoms. The summed E-state index contributed by atoms with van der Waals surface area (Å²) in [6, 6.07) is 5.48. The van der Waals surface area contributed by atoms with Crippen molar-refractivity contribution in [3.8, 4) is 0 Å². The van der Waals surface area contributed by atoms with Gasteiger partial charge in [-0.15, -0.1) is 0 Å². The van der Waals surface area contributed by atoms with E-state index in [9.17, 15) is 22.8 Å². The molecule has 1 aromatic rings. The highest BCUT2D eigenvalue weighted by atomic mass is 32.3. The molecule has 0 atom stereocenters. The number of esters is 1. The van der Waals surface area contributed by atoms with E-state index in [2.05, 4.69) is 15.5 Å². The second kappa shape index (κ2) is 10.1. The molecule has 0 heterocycles. The standard InChI is InChI=1S/C8H6O4.C5H8O6S/c9-7(10)5-3-1-2-4-6(5)8(11)12;1-2-5(6)10-3-4-11-12(7,8)9/h1-4H,(H,9,10)(H,11,12);2H,1,3-4H2,(H,7,8,9). The molecule has 3 N–H and O–H groups in total. The molecule has 0 aliphatic rings. The Morgan fingerprint density at radius 1 is 1.04 bits per heavy atom. The molecule has 0 aliphatic carbocycles. The molecule has 0 aromatic heterocycles. The molecule has 132 valence electrons. The van der Waals surface area contributed by atoms with Crippen molar-refractivity contribution in [3.63, 3.8) is 0 Å². The number of carbonyl (C=O) groups excluding carboxylic acids is 1. The Balaban J connectivity index is 0.000000441. The van der Waals surface area contributed by atoms with E-state index in [1.807, 2.05) is 0 Å². The van der Waals surface area contributed by atoms with Crippen molar-refractivity contribution in [1.82, 2.24) is 0 Å². The second-order valence-electron chi connectivity index (χ2n) is 3.78. The number of ether oxygens (including phenoxy) is 1. The van der Waals surface area contributed by atoms with Crippen LogP contribution in [0, 0.1) is 0 Å². The van der Waals surface area contributed by atoms with Gasteiger partial charge in [0.05, 0.1) is 11.1 Å². The van der Waals surface area contributed by atoms with Gasteiger partial charge in [-0.2, -0.15) is 8.42 Å². The summed E-state index contributed by atoms with van der Waals surface area (Å²) in [7, 11) is -4.45. The third-order valence-corrected chi connectivity index (χ3v) is 2.58. The van der Waals surface area contributed by atoms with Crippen LogP contribution in [0.4, 0.5) is 0 Å². The topological polar surface area (TPSA) is 164 Å². The molecule has 0 radical (unpaired) electrons. The summed E-state index contributed by atoms with van der Waals surface area (Å²) in [4.78, 5) is 31.3. The first-order chi connectivity index (χ1) is 11.1. The van der Waals surface area contributed by atoms with Crippen LogP contribution in [0.1, 0.15) is 20.7 Å². The van der Waals surface area contributed by atoms with Gasteiger partial charge in [-0.1, -0.05) is 18.7 Å². The van der Waals surface area contributed by atoms with Crippen LogP contribution in [0.5, 0.6) is 0 Å². The Bertz CT molecular complexity index is 674. The predicted molar refractivity (Wildman–Crippen MR) is 79.0 cm³/mol. The third kappa shape index (κ3) is 9.30. The molecule has 0 saturated heterocycles. The quantitative estimate of drug-likeness (QED) is 0.271. The Morgan fingerprint density at radius 3 is 1.83 bits per heavy atom. The summed E-state index contributed by atoms with van der Waals surface area (Å²) in [6.45, 7) is 2.43. The summed E-state index contributed by atoms with van der Waals surface area (Å²) < 4.78 is 36.0. The van der Waals surface area contributed by atoms with Crippen molar-refractivity contribution < 1.29 is 46.5 Å². The maximum absolute atomic E-state index is 10.5. The van der Waals surface area contributed by atoms with Crippen LogP contribution in [-0.2, 0) is 24.1 Å². The summed E-state index contributed by atoms with van der Waals surface area (Å²) in [5.41, 5.74) is -0.380.